The molecule has 1 aliphatic heterocycles. The highest BCUT2D eigenvalue weighted by atomic mass is 16.5. The van der Waals surface area contributed by atoms with Gasteiger partial charge in [-0.05, 0) is 25.8 Å². The standard InChI is InChI=1S/C13H16O/c1-10-8-11(2)14-13(9-10)12-6-4-3-5-7-12/h3-8,11,13H,9H2,1-2H3/t11?,13-/m1/s1. The summed E-state index contributed by atoms with van der Waals surface area (Å²) in [5, 5.41) is 0. The van der Waals surface area contributed by atoms with E-state index in [1.54, 1.807) is 0 Å². The maximum Gasteiger partial charge on any atom is 0.0869 e. The van der Waals surface area contributed by atoms with E-state index in [1.165, 1.54) is 11.1 Å². The number of ether oxygens (including phenoxy) is 1. The molecule has 0 fully saturated rings. The summed E-state index contributed by atoms with van der Waals surface area (Å²) in [5.41, 5.74) is 2.71. The van der Waals surface area contributed by atoms with Crippen LogP contribution in [0.1, 0.15) is 31.9 Å². The van der Waals surface area contributed by atoms with Crippen LogP contribution in [0.25, 0.3) is 0 Å². The maximum atomic E-state index is 5.87. The SMILES string of the molecule is CC1=CC(C)O[C@@H](c2ccccc2)C1. The third-order valence-electron chi connectivity index (χ3n) is 2.58. The van der Waals surface area contributed by atoms with Crippen molar-refractivity contribution in [2.24, 2.45) is 0 Å². The molecule has 2 rings (SSSR count). The molecule has 0 saturated carbocycles. The largest absolute Gasteiger partial charge is 0.366 e. The Kier molecular flexibility index (Phi) is 2.69. The molecule has 0 radical (unpaired) electrons. The normalized spacial score (nSPS) is 27.1. The lowest BCUT2D eigenvalue weighted by Gasteiger charge is -2.26. The third-order valence-corrected chi connectivity index (χ3v) is 2.58. The molecule has 1 unspecified atom stereocenters. The van der Waals surface area contributed by atoms with E-state index in [0.29, 0.717) is 0 Å². The first kappa shape index (κ1) is 9.47. The highest BCUT2D eigenvalue weighted by Crippen LogP contribution is 2.30. The lowest BCUT2D eigenvalue weighted by atomic mass is 9.98. The summed E-state index contributed by atoms with van der Waals surface area (Å²) in [6, 6.07) is 10.4. The van der Waals surface area contributed by atoms with Crippen LogP contribution in [0.2, 0.25) is 0 Å². The fourth-order valence-electron chi connectivity index (χ4n) is 1.97. The first-order chi connectivity index (χ1) is 6.75. The van der Waals surface area contributed by atoms with Crippen molar-refractivity contribution in [3.8, 4) is 0 Å². The molecule has 0 aromatic heterocycles. The average molecular weight is 188 g/mol. The molecule has 0 saturated heterocycles. The van der Waals surface area contributed by atoms with E-state index >= 15 is 0 Å². The second-order valence-corrected chi connectivity index (χ2v) is 3.96. The minimum Gasteiger partial charge on any atom is -0.366 e. The topological polar surface area (TPSA) is 9.23 Å². The predicted molar refractivity (Wildman–Crippen MR) is 58.1 cm³/mol. The van der Waals surface area contributed by atoms with Gasteiger partial charge in [0.2, 0.25) is 0 Å². The number of hydrogen-bond acceptors (Lipinski definition) is 1. The highest BCUT2D eigenvalue weighted by Gasteiger charge is 2.19. The summed E-state index contributed by atoms with van der Waals surface area (Å²) in [6.45, 7) is 4.27. The quantitative estimate of drug-likeness (QED) is 0.613. The lowest BCUT2D eigenvalue weighted by molar-refractivity contribution is 0.0114. The molecule has 1 nitrogen and oxygen atoms in total. The predicted octanol–water partition coefficient (Wildman–Crippen LogP) is 3.48. The highest BCUT2D eigenvalue weighted by molar-refractivity contribution is 5.21. The van der Waals surface area contributed by atoms with Gasteiger partial charge < -0.3 is 4.74 Å². The smallest absolute Gasteiger partial charge is 0.0869 e. The molecule has 0 amide bonds. The second kappa shape index (κ2) is 3.97. The molecule has 0 spiro atoms. The van der Waals surface area contributed by atoms with Crippen LogP contribution in [0.4, 0.5) is 0 Å². The van der Waals surface area contributed by atoms with E-state index in [2.05, 4.69) is 44.2 Å². The van der Waals surface area contributed by atoms with Gasteiger partial charge in [-0.25, -0.2) is 0 Å². The van der Waals surface area contributed by atoms with Crippen molar-refractivity contribution in [3.05, 3.63) is 47.5 Å². The van der Waals surface area contributed by atoms with Crippen molar-refractivity contribution in [3.63, 3.8) is 0 Å². The van der Waals surface area contributed by atoms with Crippen molar-refractivity contribution in [1.29, 1.82) is 0 Å². The molecule has 1 aromatic rings. The molecule has 1 heterocycles. The number of rotatable bonds is 1. The van der Waals surface area contributed by atoms with Gasteiger partial charge in [-0.15, -0.1) is 0 Å². The van der Waals surface area contributed by atoms with E-state index in [1.807, 2.05) is 6.07 Å². The van der Waals surface area contributed by atoms with Gasteiger partial charge in [0, 0.05) is 0 Å². The van der Waals surface area contributed by atoms with Crippen molar-refractivity contribution in [1.82, 2.24) is 0 Å². The van der Waals surface area contributed by atoms with Gasteiger partial charge in [0.05, 0.1) is 12.2 Å². The van der Waals surface area contributed by atoms with Gasteiger partial charge >= 0.3 is 0 Å². The van der Waals surface area contributed by atoms with Crippen molar-refractivity contribution >= 4 is 0 Å². The summed E-state index contributed by atoms with van der Waals surface area (Å²) in [7, 11) is 0. The maximum absolute atomic E-state index is 5.87. The summed E-state index contributed by atoms with van der Waals surface area (Å²) in [4.78, 5) is 0. The van der Waals surface area contributed by atoms with E-state index in [0.717, 1.165) is 6.42 Å². The summed E-state index contributed by atoms with van der Waals surface area (Å²) >= 11 is 0. The Bertz CT molecular complexity index is 326. The average Bonchev–Trinajstić information content (AvgIpc) is 2.18. The van der Waals surface area contributed by atoms with Gasteiger partial charge in [-0.2, -0.15) is 0 Å². The number of benzene rings is 1. The molecule has 2 atom stereocenters. The molecular weight excluding hydrogens is 172 g/mol. The van der Waals surface area contributed by atoms with Gasteiger partial charge in [0.25, 0.3) is 0 Å². The molecule has 14 heavy (non-hydrogen) atoms. The minimum absolute atomic E-state index is 0.244. The van der Waals surface area contributed by atoms with Crippen molar-refractivity contribution in [2.75, 3.05) is 0 Å². The van der Waals surface area contributed by atoms with E-state index in [9.17, 15) is 0 Å². The lowest BCUT2D eigenvalue weighted by Crippen LogP contribution is -2.17. The van der Waals surface area contributed by atoms with E-state index in [-0.39, 0.29) is 12.2 Å². The first-order valence-corrected chi connectivity index (χ1v) is 5.13. The number of hydrogen-bond donors (Lipinski definition) is 0. The Balaban J connectivity index is 2.18. The first-order valence-electron chi connectivity index (χ1n) is 5.13. The molecule has 0 bridgehead atoms. The minimum atomic E-state index is 0.244. The monoisotopic (exact) mass is 188 g/mol. The van der Waals surface area contributed by atoms with Gasteiger partial charge in [0.15, 0.2) is 0 Å². The summed E-state index contributed by atoms with van der Waals surface area (Å²) < 4.78 is 5.87. The van der Waals surface area contributed by atoms with Crippen molar-refractivity contribution in [2.45, 2.75) is 32.5 Å². The molecule has 0 aliphatic carbocycles. The molecular formula is C13H16O. The Morgan fingerprint density at radius 2 is 1.93 bits per heavy atom. The van der Waals surface area contributed by atoms with Crippen LogP contribution < -0.4 is 0 Å². The van der Waals surface area contributed by atoms with E-state index in [4.69, 9.17) is 4.74 Å². The molecule has 1 aliphatic rings. The van der Waals surface area contributed by atoms with Crippen LogP contribution >= 0.6 is 0 Å². The zero-order chi connectivity index (χ0) is 9.97. The molecule has 1 heteroatoms. The Hall–Kier alpha value is -1.08. The van der Waals surface area contributed by atoms with E-state index < -0.39 is 0 Å². The summed E-state index contributed by atoms with van der Waals surface area (Å²) in [6.07, 6.45) is 3.71. The van der Waals surface area contributed by atoms with Crippen LogP contribution in [-0.2, 0) is 4.74 Å². The fraction of sp³-hybridized carbons (Fsp3) is 0.385. The van der Waals surface area contributed by atoms with Crippen LogP contribution in [-0.4, -0.2) is 6.10 Å². The Morgan fingerprint density at radius 1 is 1.21 bits per heavy atom. The summed E-state index contributed by atoms with van der Waals surface area (Å²) in [5.74, 6) is 0. The molecule has 74 valence electrons. The van der Waals surface area contributed by atoms with Crippen LogP contribution in [0.5, 0.6) is 0 Å². The second-order valence-electron chi connectivity index (χ2n) is 3.96. The Morgan fingerprint density at radius 3 is 2.57 bits per heavy atom. The van der Waals surface area contributed by atoms with Gasteiger partial charge in [-0.1, -0.05) is 42.0 Å². The third kappa shape index (κ3) is 2.05. The fourth-order valence-corrected chi connectivity index (χ4v) is 1.97. The zero-order valence-corrected chi connectivity index (χ0v) is 8.73. The Labute approximate surface area is 85.4 Å². The van der Waals surface area contributed by atoms with Crippen LogP contribution in [0.15, 0.2) is 42.0 Å². The van der Waals surface area contributed by atoms with Crippen LogP contribution in [0.3, 0.4) is 0 Å². The van der Waals surface area contributed by atoms with Gasteiger partial charge in [-0.3, -0.25) is 0 Å². The van der Waals surface area contributed by atoms with Gasteiger partial charge in [0.1, 0.15) is 0 Å². The van der Waals surface area contributed by atoms with Crippen LogP contribution in [0, 0.1) is 0 Å². The zero-order valence-electron chi connectivity index (χ0n) is 8.73. The molecule has 1 aromatic carbocycles. The van der Waals surface area contributed by atoms with Crippen molar-refractivity contribution < 1.29 is 4.74 Å². The molecule has 0 N–H and O–H groups in total.